The van der Waals surface area contributed by atoms with Crippen molar-refractivity contribution in [2.75, 3.05) is 11.9 Å². The average Bonchev–Trinajstić information content (AvgIpc) is 2.14. The normalized spacial score (nSPS) is 10.5. The fourth-order valence-corrected chi connectivity index (χ4v) is 1.80. The lowest BCUT2D eigenvalue weighted by atomic mass is 10.3. The predicted molar refractivity (Wildman–Crippen MR) is 65.8 cm³/mol. The molecule has 0 spiro atoms. The number of hydrogen-bond acceptors (Lipinski definition) is 2. The fourth-order valence-electron chi connectivity index (χ4n) is 1.25. The Labute approximate surface area is 107 Å². The topological polar surface area (TPSA) is 41.1 Å². The Morgan fingerprint density at radius 3 is 2.59 bits per heavy atom. The van der Waals surface area contributed by atoms with E-state index < -0.39 is 11.6 Å². The van der Waals surface area contributed by atoms with Crippen LogP contribution in [0.2, 0.25) is 0 Å². The number of hydrogen-bond donors (Lipinski definition) is 2. The molecule has 0 fully saturated rings. The van der Waals surface area contributed by atoms with Gasteiger partial charge in [0.15, 0.2) is 0 Å². The van der Waals surface area contributed by atoms with Gasteiger partial charge in [-0.25, -0.2) is 8.78 Å². The minimum absolute atomic E-state index is 0.0193. The Bertz CT molecular complexity index is 401. The summed E-state index contributed by atoms with van der Waals surface area (Å²) in [7, 11) is 0. The van der Waals surface area contributed by atoms with Crippen molar-refractivity contribution < 1.29 is 13.6 Å². The van der Waals surface area contributed by atoms with Crippen LogP contribution in [0.25, 0.3) is 0 Å². The molecule has 0 unspecified atom stereocenters. The fraction of sp³-hybridized carbons (Fsp3) is 0.364. The van der Waals surface area contributed by atoms with E-state index in [1.807, 2.05) is 13.8 Å². The third-order valence-corrected chi connectivity index (χ3v) is 2.51. The van der Waals surface area contributed by atoms with Crippen LogP contribution in [0.15, 0.2) is 16.6 Å². The standard InChI is InChI=1S/C11H13BrF2N2O/c1-6(2)16-10(17)5-15-11-8(12)3-7(13)4-9(11)14/h3-4,6,15H,5H2,1-2H3,(H,16,17). The van der Waals surface area contributed by atoms with E-state index in [0.29, 0.717) is 0 Å². The van der Waals surface area contributed by atoms with Crippen LogP contribution < -0.4 is 10.6 Å². The molecule has 6 heteroatoms. The van der Waals surface area contributed by atoms with Crippen LogP contribution in [0.4, 0.5) is 14.5 Å². The first-order chi connectivity index (χ1) is 7.90. The van der Waals surface area contributed by atoms with Crippen molar-refractivity contribution in [3.63, 3.8) is 0 Å². The number of anilines is 1. The molecule has 2 N–H and O–H groups in total. The van der Waals surface area contributed by atoms with Gasteiger partial charge in [0.05, 0.1) is 12.2 Å². The molecule has 0 aliphatic rings. The molecule has 94 valence electrons. The van der Waals surface area contributed by atoms with Crippen molar-refractivity contribution >= 4 is 27.5 Å². The van der Waals surface area contributed by atoms with Gasteiger partial charge in [-0.15, -0.1) is 0 Å². The molecule has 0 saturated heterocycles. The summed E-state index contributed by atoms with van der Waals surface area (Å²) >= 11 is 3.02. The van der Waals surface area contributed by atoms with E-state index in [0.717, 1.165) is 12.1 Å². The van der Waals surface area contributed by atoms with Gasteiger partial charge in [0.2, 0.25) is 5.91 Å². The highest BCUT2D eigenvalue weighted by molar-refractivity contribution is 9.10. The summed E-state index contributed by atoms with van der Waals surface area (Å²) in [5.41, 5.74) is 0.0744. The maximum atomic E-state index is 13.4. The van der Waals surface area contributed by atoms with Crippen molar-refractivity contribution in [1.29, 1.82) is 0 Å². The van der Waals surface area contributed by atoms with Gasteiger partial charge >= 0.3 is 0 Å². The molecule has 1 aromatic rings. The van der Waals surface area contributed by atoms with Gasteiger partial charge in [0.1, 0.15) is 11.6 Å². The molecule has 0 bridgehead atoms. The van der Waals surface area contributed by atoms with E-state index in [9.17, 15) is 13.6 Å². The summed E-state index contributed by atoms with van der Waals surface area (Å²) in [6, 6.07) is 1.91. The maximum absolute atomic E-state index is 13.4. The molecule has 3 nitrogen and oxygen atoms in total. The highest BCUT2D eigenvalue weighted by Crippen LogP contribution is 2.26. The highest BCUT2D eigenvalue weighted by atomic mass is 79.9. The SMILES string of the molecule is CC(C)NC(=O)CNc1c(F)cc(F)cc1Br. The second-order valence-corrected chi connectivity index (χ2v) is 4.67. The Balaban J connectivity index is 2.67. The van der Waals surface area contributed by atoms with Crippen LogP contribution >= 0.6 is 15.9 Å². The third kappa shape index (κ3) is 4.30. The number of halogens is 3. The summed E-state index contributed by atoms with van der Waals surface area (Å²) in [6.07, 6.45) is 0. The number of carbonyl (C=O) groups excluding carboxylic acids is 1. The molecular formula is C11H13BrF2N2O. The summed E-state index contributed by atoms with van der Waals surface area (Å²) in [5, 5.41) is 5.26. The number of benzene rings is 1. The smallest absolute Gasteiger partial charge is 0.239 e. The highest BCUT2D eigenvalue weighted by Gasteiger charge is 2.11. The molecule has 0 heterocycles. The third-order valence-electron chi connectivity index (χ3n) is 1.88. The summed E-state index contributed by atoms with van der Waals surface area (Å²) in [4.78, 5) is 11.3. The Morgan fingerprint density at radius 1 is 1.41 bits per heavy atom. The van der Waals surface area contributed by atoms with E-state index in [2.05, 4.69) is 26.6 Å². The van der Waals surface area contributed by atoms with Crippen LogP contribution in [-0.2, 0) is 4.79 Å². The van der Waals surface area contributed by atoms with E-state index >= 15 is 0 Å². The van der Waals surface area contributed by atoms with Gasteiger partial charge in [-0.1, -0.05) is 0 Å². The zero-order valence-electron chi connectivity index (χ0n) is 9.48. The van der Waals surface area contributed by atoms with Crippen molar-refractivity contribution in [1.82, 2.24) is 5.32 Å². The Hall–Kier alpha value is -1.17. The van der Waals surface area contributed by atoms with Crippen LogP contribution in [0, 0.1) is 11.6 Å². The molecule has 0 aliphatic carbocycles. The number of nitrogens with one attached hydrogen (secondary N) is 2. The Kier molecular flexibility index (Phi) is 4.86. The number of amides is 1. The molecule has 0 radical (unpaired) electrons. The van der Waals surface area contributed by atoms with Crippen LogP contribution in [0.3, 0.4) is 0 Å². The Morgan fingerprint density at radius 2 is 2.06 bits per heavy atom. The summed E-state index contributed by atoms with van der Waals surface area (Å²) in [5.74, 6) is -1.67. The van der Waals surface area contributed by atoms with E-state index in [1.54, 1.807) is 0 Å². The first kappa shape index (κ1) is 13.9. The van der Waals surface area contributed by atoms with Crippen molar-refractivity contribution in [2.45, 2.75) is 19.9 Å². The zero-order chi connectivity index (χ0) is 13.0. The van der Waals surface area contributed by atoms with Gasteiger partial charge in [-0.05, 0) is 35.8 Å². The van der Waals surface area contributed by atoms with Gasteiger partial charge in [0.25, 0.3) is 0 Å². The molecule has 1 rings (SSSR count). The summed E-state index contributed by atoms with van der Waals surface area (Å²) < 4.78 is 26.4. The molecule has 0 atom stereocenters. The molecule has 1 aromatic carbocycles. The number of carbonyl (C=O) groups is 1. The molecule has 0 aliphatic heterocycles. The minimum Gasteiger partial charge on any atom is -0.373 e. The van der Waals surface area contributed by atoms with Gasteiger partial charge in [0, 0.05) is 16.6 Å². The lowest BCUT2D eigenvalue weighted by Crippen LogP contribution is -2.35. The predicted octanol–water partition coefficient (Wildman–Crippen LogP) is 2.66. The van der Waals surface area contributed by atoms with Crippen molar-refractivity contribution in [3.8, 4) is 0 Å². The van der Waals surface area contributed by atoms with Gasteiger partial charge in [-0.3, -0.25) is 4.79 Å². The molecule has 17 heavy (non-hydrogen) atoms. The zero-order valence-corrected chi connectivity index (χ0v) is 11.1. The molecule has 0 saturated carbocycles. The van der Waals surface area contributed by atoms with Crippen molar-refractivity contribution in [2.24, 2.45) is 0 Å². The largest absolute Gasteiger partial charge is 0.373 e. The second-order valence-electron chi connectivity index (χ2n) is 3.82. The lowest BCUT2D eigenvalue weighted by Gasteiger charge is -2.11. The van der Waals surface area contributed by atoms with E-state index in [-0.39, 0.29) is 28.7 Å². The summed E-state index contributed by atoms with van der Waals surface area (Å²) in [6.45, 7) is 3.58. The second kappa shape index (κ2) is 5.95. The average molecular weight is 307 g/mol. The lowest BCUT2D eigenvalue weighted by molar-refractivity contribution is -0.119. The molecule has 0 aromatic heterocycles. The maximum Gasteiger partial charge on any atom is 0.239 e. The van der Waals surface area contributed by atoms with Crippen LogP contribution in [0.1, 0.15) is 13.8 Å². The van der Waals surface area contributed by atoms with Gasteiger partial charge < -0.3 is 10.6 Å². The van der Waals surface area contributed by atoms with E-state index in [4.69, 9.17) is 0 Å². The first-order valence-electron chi connectivity index (χ1n) is 5.08. The van der Waals surface area contributed by atoms with E-state index in [1.165, 1.54) is 0 Å². The quantitative estimate of drug-likeness (QED) is 0.898. The van der Waals surface area contributed by atoms with Crippen molar-refractivity contribution in [3.05, 3.63) is 28.2 Å². The number of rotatable bonds is 4. The monoisotopic (exact) mass is 306 g/mol. The molecule has 1 amide bonds. The van der Waals surface area contributed by atoms with Crippen LogP contribution in [-0.4, -0.2) is 18.5 Å². The first-order valence-corrected chi connectivity index (χ1v) is 5.87. The van der Waals surface area contributed by atoms with Crippen LogP contribution in [0.5, 0.6) is 0 Å². The van der Waals surface area contributed by atoms with Gasteiger partial charge in [-0.2, -0.15) is 0 Å². The minimum atomic E-state index is -0.741. The molecular weight excluding hydrogens is 294 g/mol.